The average molecular weight is 277 g/mol. The molecule has 2 aliphatic rings. The van der Waals surface area contributed by atoms with Gasteiger partial charge in [0.05, 0.1) is 0 Å². The molecule has 3 heteroatoms. The number of halogens is 1. The first-order valence-electron chi connectivity index (χ1n) is 7.86. The molecule has 0 aromatic heterocycles. The van der Waals surface area contributed by atoms with Crippen LogP contribution in [-0.2, 0) is 0 Å². The van der Waals surface area contributed by atoms with Crippen LogP contribution in [-0.4, -0.2) is 12.1 Å². The highest BCUT2D eigenvalue weighted by molar-refractivity contribution is 5.40. The minimum absolute atomic E-state index is 0.0454. The van der Waals surface area contributed by atoms with Gasteiger partial charge in [-0.25, -0.2) is 4.39 Å². The molecule has 0 saturated heterocycles. The lowest BCUT2D eigenvalue weighted by molar-refractivity contribution is 0.00169. The number of nitrogens with one attached hydrogen (secondary N) is 1. The Bertz CT molecular complexity index is 490. The molecule has 3 unspecified atom stereocenters. The first-order valence-corrected chi connectivity index (χ1v) is 7.86. The van der Waals surface area contributed by atoms with E-state index in [9.17, 15) is 4.39 Å². The van der Waals surface area contributed by atoms with Crippen LogP contribution in [0.25, 0.3) is 0 Å². The maximum atomic E-state index is 13.6. The van der Waals surface area contributed by atoms with Gasteiger partial charge < -0.3 is 10.1 Å². The first-order chi connectivity index (χ1) is 9.64. The van der Waals surface area contributed by atoms with Crippen LogP contribution in [0.5, 0.6) is 5.75 Å². The fourth-order valence-corrected chi connectivity index (χ4v) is 3.77. The van der Waals surface area contributed by atoms with Gasteiger partial charge in [-0.3, -0.25) is 0 Å². The molecule has 0 bridgehead atoms. The molecule has 1 heterocycles. The van der Waals surface area contributed by atoms with Gasteiger partial charge in [-0.2, -0.15) is 0 Å². The zero-order valence-electron chi connectivity index (χ0n) is 12.4. The van der Waals surface area contributed by atoms with Crippen LogP contribution in [0.2, 0.25) is 0 Å². The van der Waals surface area contributed by atoms with Gasteiger partial charge in [-0.05, 0) is 56.3 Å². The normalized spacial score (nSPS) is 32.1. The number of rotatable bonds is 3. The van der Waals surface area contributed by atoms with E-state index in [1.165, 1.54) is 18.9 Å². The molecule has 1 spiro atoms. The minimum atomic E-state index is -0.175. The van der Waals surface area contributed by atoms with E-state index < -0.39 is 0 Å². The average Bonchev–Trinajstić information content (AvgIpc) is 2.78. The molecule has 1 aliphatic heterocycles. The summed E-state index contributed by atoms with van der Waals surface area (Å²) in [6.07, 6.45) is 5.64. The van der Waals surface area contributed by atoms with Gasteiger partial charge in [-0.1, -0.05) is 13.8 Å². The predicted octanol–water partition coefficient (Wildman–Crippen LogP) is 4.21. The SMILES string of the molecule is CCCNC1CC2(CCCC2C)Oc2ccc(F)cc21. The zero-order chi connectivity index (χ0) is 14.2. The van der Waals surface area contributed by atoms with E-state index in [4.69, 9.17) is 4.74 Å². The topological polar surface area (TPSA) is 21.3 Å². The third-order valence-corrected chi connectivity index (χ3v) is 4.99. The summed E-state index contributed by atoms with van der Waals surface area (Å²) in [5.41, 5.74) is 0.944. The van der Waals surface area contributed by atoms with Crippen LogP contribution in [0.4, 0.5) is 4.39 Å². The van der Waals surface area contributed by atoms with Gasteiger partial charge in [0.25, 0.3) is 0 Å². The molecule has 1 fully saturated rings. The summed E-state index contributed by atoms with van der Waals surface area (Å²) in [6, 6.07) is 5.16. The van der Waals surface area contributed by atoms with Crippen molar-refractivity contribution in [2.75, 3.05) is 6.54 Å². The molecular weight excluding hydrogens is 253 g/mol. The van der Waals surface area contributed by atoms with Gasteiger partial charge in [0.1, 0.15) is 17.2 Å². The largest absolute Gasteiger partial charge is 0.487 e. The summed E-state index contributed by atoms with van der Waals surface area (Å²) >= 11 is 0. The van der Waals surface area contributed by atoms with E-state index in [1.54, 1.807) is 12.1 Å². The van der Waals surface area contributed by atoms with Crippen molar-refractivity contribution in [3.8, 4) is 5.75 Å². The van der Waals surface area contributed by atoms with Crippen molar-refractivity contribution in [3.05, 3.63) is 29.6 Å². The monoisotopic (exact) mass is 277 g/mol. The molecular formula is C17H24FNO. The van der Waals surface area contributed by atoms with Gasteiger partial charge >= 0.3 is 0 Å². The van der Waals surface area contributed by atoms with E-state index in [1.807, 2.05) is 0 Å². The van der Waals surface area contributed by atoms with Crippen LogP contribution < -0.4 is 10.1 Å². The second kappa shape index (κ2) is 5.36. The molecule has 3 rings (SSSR count). The van der Waals surface area contributed by atoms with Gasteiger partial charge in [-0.15, -0.1) is 0 Å². The Morgan fingerprint density at radius 1 is 1.45 bits per heavy atom. The second-order valence-electron chi connectivity index (χ2n) is 6.35. The Kier molecular flexibility index (Phi) is 3.72. The Labute approximate surface area is 120 Å². The van der Waals surface area contributed by atoms with Crippen LogP contribution in [0.1, 0.15) is 57.6 Å². The van der Waals surface area contributed by atoms with Crippen molar-refractivity contribution in [2.45, 2.75) is 57.6 Å². The highest BCUT2D eigenvalue weighted by Crippen LogP contribution is 2.49. The molecule has 110 valence electrons. The molecule has 20 heavy (non-hydrogen) atoms. The Morgan fingerprint density at radius 2 is 2.30 bits per heavy atom. The van der Waals surface area contributed by atoms with Crippen molar-refractivity contribution >= 4 is 0 Å². The summed E-state index contributed by atoms with van der Waals surface area (Å²) in [5.74, 6) is 1.28. The fraction of sp³-hybridized carbons (Fsp3) is 0.647. The summed E-state index contributed by atoms with van der Waals surface area (Å²) in [7, 11) is 0. The van der Waals surface area contributed by atoms with E-state index >= 15 is 0 Å². The summed E-state index contributed by atoms with van der Waals surface area (Å²) < 4.78 is 19.9. The van der Waals surface area contributed by atoms with E-state index in [2.05, 4.69) is 19.2 Å². The third-order valence-electron chi connectivity index (χ3n) is 4.99. The van der Waals surface area contributed by atoms with Crippen molar-refractivity contribution in [1.82, 2.24) is 5.32 Å². The quantitative estimate of drug-likeness (QED) is 0.893. The summed E-state index contributed by atoms with van der Waals surface area (Å²) in [4.78, 5) is 0. The Morgan fingerprint density at radius 3 is 3.00 bits per heavy atom. The number of ether oxygens (including phenoxy) is 1. The summed E-state index contributed by atoms with van der Waals surface area (Å²) in [5, 5.41) is 3.58. The molecule has 2 nitrogen and oxygen atoms in total. The van der Waals surface area contributed by atoms with Gasteiger partial charge in [0, 0.05) is 18.0 Å². The Hall–Kier alpha value is -1.09. The number of hydrogen-bond acceptors (Lipinski definition) is 2. The first kappa shape index (κ1) is 13.9. The Balaban J connectivity index is 1.94. The molecule has 1 aromatic carbocycles. The molecule has 0 amide bonds. The second-order valence-corrected chi connectivity index (χ2v) is 6.35. The van der Waals surface area contributed by atoms with E-state index in [0.717, 1.165) is 37.1 Å². The van der Waals surface area contributed by atoms with Crippen molar-refractivity contribution in [1.29, 1.82) is 0 Å². The molecule has 0 radical (unpaired) electrons. The number of fused-ring (bicyclic) bond motifs is 1. The standard InChI is InChI=1S/C17H24FNO/c1-3-9-19-15-11-17(8-4-5-12(17)2)20-16-7-6-13(18)10-14(15)16/h6-7,10,12,15,19H,3-5,8-9,11H2,1-2H3. The lowest BCUT2D eigenvalue weighted by Gasteiger charge is -2.43. The van der Waals surface area contributed by atoms with Crippen molar-refractivity contribution < 1.29 is 9.13 Å². The highest BCUT2D eigenvalue weighted by Gasteiger charge is 2.47. The lowest BCUT2D eigenvalue weighted by atomic mass is 9.81. The predicted molar refractivity (Wildman–Crippen MR) is 78.4 cm³/mol. The molecule has 1 aliphatic carbocycles. The van der Waals surface area contributed by atoms with Crippen molar-refractivity contribution in [2.24, 2.45) is 5.92 Å². The molecule has 3 atom stereocenters. The summed E-state index contributed by atoms with van der Waals surface area (Å²) in [6.45, 7) is 5.41. The van der Waals surface area contributed by atoms with E-state index in [0.29, 0.717) is 5.92 Å². The van der Waals surface area contributed by atoms with E-state index in [-0.39, 0.29) is 17.5 Å². The lowest BCUT2D eigenvalue weighted by Crippen LogP contribution is -2.46. The van der Waals surface area contributed by atoms with Crippen LogP contribution >= 0.6 is 0 Å². The molecule has 1 saturated carbocycles. The van der Waals surface area contributed by atoms with Crippen LogP contribution in [0, 0.1) is 11.7 Å². The third kappa shape index (κ3) is 2.32. The smallest absolute Gasteiger partial charge is 0.125 e. The molecule has 1 N–H and O–H groups in total. The van der Waals surface area contributed by atoms with Crippen LogP contribution in [0.15, 0.2) is 18.2 Å². The van der Waals surface area contributed by atoms with Crippen LogP contribution in [0.3, 0.4) is 0 Å². The zero-order valence-corrected chi connectivity index (χ0v) is 12.4. The van der Waals surface area contributed by atoms with Crippen molar-refractivity contribution in [3.63, 3.8) is 0 Å². The van der Waals surface area contributed by atoms with Gasteiger partial charge in [0.15, 0.2) is 0 Å². The number of hydrogen-bond donors (Lipinski definition) is 1. The fourth-order valence-electron chi connectivity index (χ4n) is 3.77. The maximum Gasteiger partial charge on any atom is 0.125 e. The van der Waals surface area contributed by atoms with Gasteiger partial charge in [0.2, 0.25) is 0 Å². The maximum absolute atomic E-state index is 13.6. The molecule has 1 aromatic rings. The minimum Gasteiger partial charge on any atom is -0.487 e. The highest BCUT2D eigenvalue weighted by atomic mass is 19.1. The number of benzene rings is 1.